The van der Waals surface area contributed by atoms with Crippen molar-refractivity contribution in [3.05, 3.63) is 53.6 Å². The lowest BCUT2D eigenvalue weighted by molar-refractivity contribution is -0.144. The number of hydrogen-bond donors (Lipinski definition) is 2. The molecular weight excluding hydrogens is 394 g/mol. The molecule has 0 saturated heterocycles. The fourth-order valence-corrected chi connectivity index (χ4v) is 4.00. The van der Waals surface area contributed by atoms with E-state index in [9.17, 15) is 9.59 Å². The molecule has 146 valence electrons. The predicted octanol–water partition coefficient (Wildman–Crippen LogP) is 4.16. The lowest BCUT2D eigenvalue weighted by atomic mass is 10.1. The molecule has 1 heterocycles. The molecule has 0 aliphatic heterocycles. The summed E-state index contributed by atoms with van der Waals surface area (Å²) in [6.07, 6.45) is 3.28. The Bertz CT molecular complexity index is 970. The Hall–Kier alpha value is -2.45. The first kappa shape index (κ1) is 20.3. The number of nitrogens with two attached hydrogens (primary N) is 1. The average molecular weight is 416 g/mol. The standard InChI is InChI=1S/C20H21N3O3S2/c1-27-28-11-3-6-17(24)26-12-13-7-9-14(10-8-13)20-22-16-5-2-4-15(19(21)25)18(16)23-20/h2,4-5,7-10H,3,6,11-12H2,1H3,(H2,21,25)(H,22,23). The van der Waals surface area contributed by atoms with Crippen molar-refractivity contribution < 1.29 is 14.3 Å². The van der Waals surface area contributed by atoms with E-state index < -0.39 is 5.91 Å². The summed E-state index contributed by atoms with van der Waals surface area (Å²) in [4.78, 5) is 31.0. The van der Waals surface area contributed by atoms with Crippen molar-refractivity contribution in [1.29, 1.82) is 0 Å². The maximum Gasteiger partial charge on any atom is 0.306 e. The van der Waals surface area contributed by atoms with Crippen LogP contribution in [0.4, 0.5) is 0 Å². The fourth-order valence-electron chi connectivity index (χ4n) is 2.72. The van der Waals surface area contributed by atoms with Crippen LogP contribution in [0.25, 0.3) is 22.4 Å². The number of carbonyl (C=O) groups excluding carboxylic acids is 2. The van der Waals surface area contributed by atoms with Gasteiger partial charge in [-0.3, -0.25) is 9.59 Å². The number of carbonyl (C=O) groups is 2. The minimum atomic E-state index is -0.507. The van der Waals surface area contributed by atoms with Crippen LogP contribution in [0.5, 0.6) is 0 Å². The Morgan fingerprint density at radius 1 is 1.18 bits per heavy atom. The van der Waals surface area contributed by atoms with E-state index in [0.29, 0.717) is 23.3 Å². The number of aromatic nitrogens is 2. The molecule has 0 unspecified atom stereocenters. The topological polar surface area (TPSA) is 98.1 Å². The normalized spacial score (nSPS) is 10.9. The van der Waals surface area contributed by atoms with Crippen LogP contribution < -0.4 is 5.73 Å². The Morgan fingerprint density at radius 2 is 1.96 bits per heavy atom. The molecule has 28 heavy (non-hydrogen) atoms. The average Bonchev–Trinajstić information content (AvgIpc) is 3.14. The number of nitrogens with zero attached hydrogens (tertiary/aromatic N) is 1. The minimum Gasteiger partial charge on any atom is -0.461 e. The Kier molecular flexibility index (Phi) is 7.00. The minimum absolute atomic E-state index is 0.179. The zero-order valence-electron chi connectivity index (χ0n) is 15.4. The number of benzene rings is 2. The van der Waals surface area contributed by atoms with Gasteiger partial charge in [0.25, 0.3) is 5.91 Å². The molecule has 0 bridgehead atoms. The van der Waals surface area contributed by atoms with Gasteiger partial charge in [0.15, 0.2) is 0 Å². The van der Waals surface area contributed by atoms with Crippen molar-refractivity contribution in [2.45, 2.75) is 19.4 Å². The maximum atomic E-state index is 11.8. The van der Waals surface area contributed by atoms with Crippen molar-refractivity contribution >= 4 is 44.5 Å². The number of hydrogen-bond acceptors (Lipinski definition) is 6. The number of imidazole rings is 1. The van der Waals surface area contributed by atoms with E-state index in [-0.39, 0.29) is 12.6 Å². The SMILES string of the molecule is CSSCCCC(=O)OCc1ccc(-c2nc3c(C(N)=O)cccc3[nH]2)cc1. The molecule has 6 nitrogen and oxygen atoms in total. The van der Waals surface area contributed by atoms with Crippen LogP contribution in [0, 0.1) is 0 Å². The third kappa shape index (κ3) is 5.08. The summed E-state index contributed by atoms with van der Waals surface area (Å²) in [5.41, 5.74) is 8.89. The van der Waals surface area contributed by atoms with Gasteiger partial charge in [0, 0.05) is 17.7 Å². The Morgan fingerprint density at radius 3 is 2.68 bits per heavy atom. The second kappa shape index (κ2) is 9.66. The van der Waals surface area contributed by atoms with E-state index in [0.717, 1.165) is 28.8 Å². The largest absolute Gasteiger partial charge is 0.461 e. The highest BCUT2D eigenvalue weighted by molar-refractivity contribution is 8.76. The first-order chi connectivity index (χ1) is 13.6. The smallest absolute Gasteiger partial charge is 0.306 e. The van der Waals surface area contributed by atoms with Crippen LogP contribution in [0.1, 0.15) is 28.8 Å². The summed E-state index contributed by atoms with van der Waals surface area (Å²) in [6, 6.07) is 12.9. The van der Waals surface area contributed by atoms with Gasteiger partial charge in [-0.25, -0.2) is 4.98 Å². The molecule has 0 spiro atoms. The van der Waals surface area contributed by atoms with Crippen molar-refractivity contribution in [3.8, 4) is 11.4 Å². The van der Waals surface area contributed by atoms with Crippen molar-refractivity contribution in [2.75, 3.05) is 12.0 Å². The summed E-state index contributed by atoms with van der Waals surface area (Å²) in [7, 11) is 3.44. The van der Waals surface area contributed by atoms with E-state index in [4.69, 9.17) is 10.5 Å². The van der Waals surface area contributed by atoms with Crippen molar-refractivity contribution in [2.24, 2.45) is 5.73 Å². The highest BCUT2D eigenvalue weighted by Gasteiger charge is 2.12. The Labute approximate surface area is 171 Å². The number of nitrogens with one attached hydrogen (secondary N) is 1. The highest BCUT2D eigenvalue weighted by Crippen LogP contribution is 2.23. The number of para-hydroxylation sites is 1. The number of amides is 1. The number of rotatable bonds is 9. The third-order valence-electron chi connectivity index (χ3n) is 4.13. The molecule has 1 aromatic heterocycles. The number of ether oxygens (including phenoxy) is 1. The van der Waals surface area contributed by atoms with Gasteiger partial charge in [-0.05, 0) is 30.4 Å². The molecule has 2 aromatic carbocycles. The molecule has 0 fully saturated rings. The second-order valence-electron chi connectivity index (χ2n) is 6.10. The molecule has 0 aliphatic rings. The number of esters is 1. The van der Waals surface area contributed by atoms with Crippen LogP contribution in [-0.2, 0) is 16.1 Å². The lowest BCUT2D eigenvalue weighted by Crippen LogP contribution is -2.11. The van der Waals surface area contributed by atoms with Gasteiger partial charge in [0.2, 0.25) is 0 Å². The summed E-state index contributed by atoms with van der Waals surface area (Å²) in [5.74, 6) is 0.911. The zero-order chi connectivity index (χ0) is 19.9. The molecule has 3 N–H and O–H groups in total. The third-order valence-corrected chi connectivity index (χ3v) is 6.03. The fraction of sp³-hybridized carbons (Fsp3) is 0.250. The van der Waals surface area contributed by atoms with E-state index in [1.54, 1.807) is 33.7 Å². The van der Waals surface area contributed by atoms with E-state index in [1.165, 1.54) is 0 Å². The zero-order valence-corrected chi connectivity index (χ0v) is 17.1. The van der Waals surface area contributed by atoms with Gasteiger partial charge in [0.1, 0.15) is 17.9 Å². The molecule has 0 aliphatic carbocycles. The van der Waals surface area contributed by atoms with Gasteiger partial charge in [-0.1, -0.05) is 51.9 Å². The van der Waals surface area contributed by atoms with Crippen molar-refractivity contribution in [1.82, 2.24) is 9.97 Å². The molecule has 8 heteroatoms. The molecule has 0 radical (unpaired) electrons. The van der Waals surface area contributed by atoms with Crippen LogP contribution in [0.2, 0.25) is 0 Å². The van der Waals surface area contributed by atoms with Gasteiger partial charge in [-0.15, -0.1) is 0 Å². The predicted molar refractivity (Wildman–Crippen MR) is 115 cm³/mol. The number of aromatic amines is 1. The van der Waals surface area contributed by atoms with Gasteiger partial charge < -0.3 is 15.5 Å². The van der Waals surface area contributed by atoms with Gasteiger partial charge in [-0.2, -0.15) is 0 Å². The van der Waals surface area contributed by atoms with Gasteiger partial charge >= 0.3 is 5.97 Å². The monoisotopic (exact) mass is 415 g/mol. The van der Waals surface area contributed by atoms with E-state index in [2.05, 4.69) is 9.97 Å². The second-order valence-corrected chi connectivity index (χ2v) is 8.79. The molecule has 0 saturated carbocycles. The van der Waals surface area contributed by atoms with Crippen LogP contribution >= 0.6 is 21.6 Å². The molecule has 1 amide bonds. The Balaban J connectivity index is 1.63. The molecule has 0 atom stereocenters. The van der Waals surface area contributed by atoms with Crippen LogP contribution in [-0.4, -0.2) is 33.9 Å². The summed E-state index contributed by atoms with van der Waals surface area (Å²) >= 11 is 0. The molecule has 3 aromatic rings. The summed E-state index contributed by atoms with van der Waals surface area (Å²) < 4.78 is 5.31. The maximum absolute atomic E-state index is 11.8. The lowest BCUT2D eigenvalue weighted by Gasteiger charge is -2.05. The summed E-state index contributed by atoms with van der Waals surface area (Å²) in [6.45, 7) is 0.251. The van der Waals surface area contributed by atoms with E-state index in [1.807, 2.05) is 36.6 Å². The van der Waals surface area contributed by atoms with Crippen LogP contribution in [0.15, 0.2) is 42.5 Å². The molecule has 3 rings (SSSR count). The quantitative estimate of drug-likeness (QED) is 0.309. The van der Waals surface area contributed by atoms with Crippen molar-refractivity contribution in [3.63, 3.8) is 0 Å². The number of H-pyrrole nitrogens is 1. The highest BCUT2D eigenvalue weighted by atomic mass is 33.1. The number of primary amides is 1. The first-order valence-electron chi connectivity index (χ1n) is 8.77. The molecular formula is C20H21N3O3S2. The van der Waals surface area contributed by atoms with E-state index >= 15 is 0 Å². The first-order valence-corrected chi connectivity index (χ1v) is 11.5. The van der Waals surface area contributed by atoms with Crippen LogP contribution in [0.3, 0.4) is 0 Å². The summed E-state index contributed by atoms with van der Waals surface area (Å²) in [5, 5.41) is 0. The number of fused-ring (bicyclic) bond motifs is 1. The van der Waals surface area contributed by atoms with Gasteiger partial charge in [0.05, 0.1) is 11.1 Å².